The van der Waals surface area contributed by atoms with E-state index in [1.807, 2.05) is 12.1 Å². The second kappa shape index (κ2) is 32.2. The van der Waals surface area contributed by atoms with E-state index in [-0.39, 0.29) is 24.3 Å². The zero-order valence-corrected chi connectivity index (χ0v) is 47.9. The molecule has 4 aromatic rings. The van der Waals surface area contributed by atoms with Crippen molar-refractivity contribution in [2.24, 2.45) is 11.1 Å². The maximum absolute atomic E-state index is 15.4. The lowest BCUT2D eigenvalue weighted by Gasteiger charge is -2.41. The molecule has 25 nitrogen and oxygen atoms in total. The smallest absolute Gasteiger partial charge is 0.408 e. The Labute approximate surface area is 484 Å². The van der Waals surface area contributed by atoms with E-state index in [0.717, 1.165) is 23.8 Å². The molecular weight excluding hydrogens is 1120 g/mol. The molecule has 0 radical (unpaired) electrons. The summed E-state index contributed by atoms with van der Waals surface area (Å²) in [5, 5.41) is 35.6. The van der Waals surface area contributed by atoms with Gasteiger partial charge in [-0.3, -0.25) is 43.2 Å². The number of sulfone groups is 1. The summed E-state index contributed by atoms with van der Waals surface area (Å²) < 4.78 is 63.1. The quantitative estimate of drug-likeness (QED) is 0.0327. The van der Waals surface area contributed by atoms with Gasteiger partial charge in [0.2, 0.25) is 47.3 Å². The summed E-state index contributed by atoms with van der Waals surface area (Å²) in [5.74, 6) is -11.7. The number of rotatable bonds is 32. The first-order chi connectivity index (χ1) is 39.6. The number of carbonyl (C=O) groups excluding carboxylic acids is 9. The van der Waals surface area contributed by atoms with Gasteiger partial charge in [-0.05, 0) is 61.1 Å². The summed E-state index contributed by atoms with van der Waals surface area (Å²) >= 11 is 0. The maximum Gasteiger partial charge on any atom is 0.408 e. The number of aromatic nitrogens is 1. The Balaban J connectivity index is 1.62. The number of nitrogens with zero attached hydrogens (tertiary/aromatic N) is 2. The van der Waals surface area contributed by atoms with Gasteiger partial charge >= 0.3 is 12.1 Å². The second-order valence-corrected chi connectivity index (χ2v) is 22.9. The van der Waals surface area contributed by atoms with Gasteiger partial charge < -0.3 is 67.4 Å². The number of aliphatic hydroxyl groups excluding tert-OH is 1. The fourth-order valence-electron chi connectivity index (χ4n) is 8.48. The van der Waals surface area contributed by atoms with Crippen molar-refractivity contribution in [1.82, 2.24) is 46.7 Å². The highest BCUT2D eigenvalue weighted by Crippen LogP contribution is 2.41. The second-order valence-electron chi connectivity index (χ2n) is 20.6. The highest BCUT2D eigenvalue weighted by molar-refractivity contribution is 7.91. The molecule has 0 spiro atoms. The molecular formula is C56H72F2N10O15S. The number of halogens is 2. The number of amides is 9. The van der Waals surface area contributed by atoms with Crippen LogP contribution in [-0.4, -0.2) is 156 Å². The van der Waals surface area contributed by atoms with Gasteiger partial charge in [-0.25, -0.2) is 22.0 Å². The molecule has 0 saturated carbocycles. The number of nitrogens with two attached hydrogens (primary N) is 1. The van der Waals surface area contributed by atoms with Gasteiger partial charge in [-0.15, -0.1) is 0 Å². The number of carboxylic acids is 1. The van der Waals surface area contributed by atoms with E-state index in [1.165, 1.54) is 18.7 Å². The Morgan fingerprint density at radius 2 is 1.31 bits per heavy atom. The number of benzene rings is 3. The summed E-state index contributed by atoms with van der Waals surface area (Å²) in [6, 6.07) is 14.9. The zero-order chi connectivity index (χ0) is 62.3. The van der Waals surface area contributed by atoms with Crippen LogP contribution >= 0.6 is 0 Å². The van der Waals surface area contributed by atoms with Gasteiger partial charge in [0.05, 0.1) is 36.9 Å². The van der Waals surface area contributed by atoms with Crippen molar-refractivity contribution in [3.05, 3.63) is 120 Å². The van der Waals surface area contributed by atoms with E-state index in [1.54, 1.807) is 86.1 Å². The lowest BCUT2D eigenvalue weighted by atomic mass is 9.82. The maximum atomic E-state index is 15.4. The number of nitrogens with one attached hydrogen (secondary N) is 7. The highest BCUT2D eigenvalue weighted by atomic mass is 32.2. The van der Waals surface area contributed by atoms with E-state index in [2.05, 4.69) is 37.2 Å². The van der Waals surface area contributed by atoms with E-state index in [0.29, 0.717) is 11.3 Å². The number of aliphatic hydroxyl groups is 1. The average Bonchev–Trinajstić information content (AvgIpc) is 2.46. The minimum Gasteiger partial charge on any atom is -0.481 e. The minimum absolute atomic E-state index is 0.101. The molecule has 84 heavy (non-hydrogen) atoms. The largest absolute Gasteiger partial charge is 0.481 e. The van der Waals surface area contributed by atoms with Gasteiger partial charge in [0, 0.05) is 55.6 Å². The molecule has 1 heterocycles. The van der Waals surface area contributed by atoms with Crippen LogP contribution in [0.5, 0.6) is 0 Å². The van der Waals surface area contributed by atoms with Gasteiger partial charge in [0.1, 0.15) is 49.0 Å². The highest BCUT2D eigenvalue weighted by Gasteiger charge is 2.39. The topological polar surface area (TPSA) is 373 Å². The van der Waals surface area contributed by atoms with Crippen molar-refractivity contribution in [3.63, 3.8) is 0 Å². The number of carboxylic acid groups (broad SMARTS) is 1. The third-order valence-electron chi connectivity index (χ3n) is 12.7. The van der Waals surface area contributed by atoms with E-state index in [4.69, 9.17) is 15.6 Å². The van der Waals surface area contributed by atoms with Crippen LogP contribution in [0.2, 0.25) is 0 Å². The molecule has 0 saturated heterocycles. The molecule has 5 atom stereocenters. The average molecular weight is 1200 g/mol. The number of alkyl carbamates (subject to hydrolysis) is 1. The minimum atomic E-state index is -4.05. The van der Waals surface area contributed by atoms with Crippen molar-refractivity contribution < 1.29 is 80.1 Å². The standard InChI is InChI=1S/C56H72F2N10O15S/c1-34(63-51(76)35(2)64-55(80)83-33-37-14-10-7-11-15-37)52(77)66-43(28-45(59)70)54(79)65-42(53(78)61-22-25-84(81,82)24-21-60-47(72)29-62-46(71)18-19-49(74)75)20-23-68(48(73)32-69)50(56(3,4)5)44-26-38(40-27-39(57)16-17-41(40)58)31-67(44)30-36-12-8-6-9-13-36/h6-17,26-27,31,34-35,42-43,50,69H,18-25,28-30,32-33H2,1-5H3,(H2,59,70)(H,60,72)(H,61,78)(H,62,71)(H,63,76)(H,64,80)(H,65,79)(H,66,77)(H,74,75)/t34-,35-,42-,43-,50-/m0/s1. The zero-order valence-electron chi connectivity index (χ0n) is 47.1. The molecule has 1 aromatic heterocycles. The number of hydrogen-bond donors (Lipinski definition) is 10. The predicted molar refractivity (Wildman–Crippen MR) is 300 cm³/mol. The molecule has 0 aliphatic rings. The lowest BCUT2D eigenvalue weighted by molar-refractivity contribution is -0.140. The Hall–Kier alpha value is -8.79. The molecule has 3 aromatic carbocycles. The summed E-state index contributed by atoms with van der Waals surface area (Å²) in [5.41, 5.74) is 6.49. The number of ether oxygens (including phenoxy) is 1. The first kappa shape index (κ1) is 67.7. The van der Waals surface area contributed by atoms with Crippen molar-refractivity contribution >= 4 is 69.2 Å². The molecule has 4 rings (SSSR count). The van der Waals surface area contributed by atoms with Gasteiger partial charge in [-0.1, -0.05) is 81.4 Å². The first-order valence-corrected chi connectivity index (χ1v) is 28.4. The third-order valence-corrected chi connectivity index (χ3v) is 14.4. The van der Waals surface area contributed by atoms with Crippen molar-refractivity contribution in [1.29, 1.82) is 0 Å². The van der Waals surface area contributed by atoms with Crippen LogP contribution in [0, 0.1) is 17.0 Å². The normalized spacial score (nSPS) is 13.1. The molecule has 28 heteroatoms. The SMILES string of the molecule is C[C@H](NC(=O)OCc1ccccc1)C(=O)N[C@@H](C)C(=O)N[C@@H](CC(N)=O)C(=O)N[C@@H](CCN(C(=O)CO)[C@@H](c1cc(-c2cc(F)ccc2F)cn1Cc1ccccc1)C(C)(C)C)C(=O)NCCS(=O)(=O)CCNC(=O)CNC(=O)CCC(=O)O. The Bertz CT molecular complexity index is 3090. The monoisotopic (exact) mass is 1190 g/mol. The fourth-order valence-corrected chi connectivity index (χ4v) is 9.51. The number of hydrogen-bond acceptors (Lipinski definition) is 14. The van der Waals surface area contributed by atoms with Crippen molar-refractivity contribution in [3.8, 4) is 11.1 Å². The predicted octanol–water partition coefficient (Wildman–Crippen LogP) is 1.07. The molecule has 0 aliphatic carbocycles. The van der Waals surface area contributed by atoms with Crippen LogP contribution in [0.25, 0.3) is 11.1 Å². The van der Waals surface area contributed by atoms with Crippen LogP contribution in [0.3, 0.4) is 0 Å². The summed E-state index contributed by atoms with van der Waals surface area (Å²) in [6.45, 7) is 4.75. The van der Waals surface area contributed by atoms with E-state index in [9.17, 15) is 65.9 Å². The van der Waals surface area contributed by atoms with Crippen LogP contribution in [0.15, 0.2) is 91.1 Å². The molecule has 0 bridgehead atoms. The third kappa shape index (κ3) is 22.5. The van der Waals surface area contributed by atoms with E-state index < -0.39 is 186 Å². The number of aliphatic carboxylic acids is 1. The van der Waals surface area contributed by atoms with Gasteiger partial charge in [-0.2, -0.15) is 0 Å². The summed E-state index contributed by atoms with van der Waals surface area (Å²) in [7, 11) is -4.05. The van der Waals surface area contributed by atoms with Gasteiger partial charge in [0.25, 0.3) is 0 Å². The Morgan fingerprint density at radius 1 is 0.714 bits per heavy atom. The lowest BCUT2D eigenvalue weighted by Crippen LogP contribution is -2.58. The van der Waals surface area contributed by atoms with Crippen LogP contribution in [0.1, 0.15) is 83.2 Å². The number of primary amides is 1. The molecule has 0 fully saturated rings. The Morgan fingerprint density at radius 3 is 1.92 bits per heavy atom. The molecule has 456 valence electrons. The fraction of sp³-hybridized carbons (Fsp3) is 0.429. The first-order valence-electron chi connectivity index (χ1n) is 26.6. The molecule has 0 unspecified atom stereocenters. The number of carbonyl (C=O) groups is 10. The van der Waals surface area contributed by atoms with Crippen LogP contribution in [-0.2, 0) is 70.9 Å². The Kier molecular flexibility index (Phi) is 25.9. The summed E-state index contributed by atoms with van der Waals surface area (Å²) in [4.78, 5) is 130. The van der Waals surface area contributed by atoms with Gasteiger partial charge in [0.15, 0.2) is 9.84 Å². The van der Waals surface area contributed by atoms with Crippen LogP contribution in [0.4, 0.5) is 13.6 Å². The molecule has 11 N–H and O–H groups in total. The summed E-state index contributed by atoms with van der Waals surface area (Å²) in [6.07, 6.45) is -1.60. The van der Waals surface area contributed by atoms with Crippen molar-refractivity contribution in [2.45, 2.75) is 104 Å². The van der Waals surface area contributed by atoms with Crippen molar-refractivity contribution in [2.75, 3.05) is 44.3 Å². The van der Waals surface area contributed by atoms with Crippen LogP contribution < -0.4 is 43.0 Å². The van der Waals surface area contributed by atoms with E-state index >= 15 is 4.39 Å². The molecule has 0 aliphatic heterocycles. The molecule has 9 amide bonds.